The van der Waals surface area contributed by atoms with Crippen LogP contribution in [0, 0.1) is 18.5 Å². The van der Waals surface area contributed by atoms with E-state index in [1.165, 1.54) is 17.7 Å². The first-order chi connectivity index (χ1) is 38.4. The molecule has 0 radical (unpaired) electrons. The number of nitrogens with zero attached hydrogens (tertiary/aromatic N) is 4. The maximum absolute atomic E-state index is 9.07. The van der Waals surface area contributed by atoms with Crippen LogP contribution in [0.15, 0.2) is 188 Å². The van der Waals surface area contributed by atoms with Gasteiger partial charge in [-0.15, -0.1) is 29.7 Å². The molecule has 0 aliphatic carbocycles. The fourth-order valence-electron chi connectivity index (χ4n) is 10.3. The Kier molecular flexibility index (Phi) is 9.39. The third-order valence-electron chi connectivity index (χ3n) is 14.3. The predicted octanol–water partition coefficient (Wildman–Crippen LogP) is 14.7. The van der Waals surface area contributed by atoms with Crippen LogP contribution in [-0.2, 0) is 26.5 Å². The van der Waals surface area contributed by atoms with Crippen LogP contribution in [0.5, 0.6) is 11.5 Å². The van der Waals surface area contributed by atoms with Crippen LogP contribution in [0.3, 0.4) is 0 Å². The summed E-state index contributed by atoms with van der Waals surface area (Å²) in [6.07, 6.45) is 5.30. The van der Waals surface area contributed by atoms with Gasteiger partial charge in [0.15, 0.2) is 0 Å². The van der Waals surface area contributed by atoms with Gasteiger partial charge >= 0.3 is 0 Å². The second-order valence-electron chi connectivity index (χ2n) is 20.8. The van der Waals surface area contributed by atoms with E-state index in [-0.39, 0.29) is 54.4 Å². The Hall–Kier alpha value is -6.90. The standard InChI is InChI=1S/C64H56N4OSi2.Pt/c1-64(2,3)48-34-35-65-62(40-48)68-56-32-28-46(47-29-33-60-61(39-47)71(6,7)37-36-70(60,4)5)38-55(56)54-31-30-51(42-59(54)68)69-50-23-16-22-49(41-50)66-43-67(58-27-15-14-26-57(58)66)63-52(44-18-10-8-11-19-44)24-17-25-53(63)45-20-12-9-13-21-45;/h8-35,38-40H,36-37H2,1-7H3;/q-2;/i8D,9D,10D,11D,12D,13D,18D,19D,20D,21D;. The van der Waals surface area contributed by atoms with Gasteiger partial charge in [-0.25, -0.2) is 4.98 Å². The van der Waals surface area contributed by atoms with Gasteiger partial charge in [-0.2, -0.15) is 18.2 Å². The number of benzene rings is 8. The average molecular weight is 1160 g/mol. The molecule has 3 aromatic heterocycles. The van der Waals surface area contributed by atoms with Crippen LogP contribution in [0.4, 0.5) is 0 Å². The van der Waals surface area contributed by atoms with E-state index in [4.69, 9.17) is 23.4 Å². The molecule has 0 saturated heterocycles. The van der Waals surface area contributed by atoms with E-state index in [0.29, 0.717) is 28.2 Å². The molecule has 4 heterocycles. The zero-order valence-electron chi connectivity index (χ0n) is 51.1. The van der Waals surface area contributed by atoms with Crippen molar-refractivity contribution in [3.63, 3.8) is 0 Å². The number of pyridine rings is 1. The third-order valence-corrected chi connectivity index (χ3v) is 21.8. The molecular formula is C64H56N4OPtSi2-2. The molecule has 0 amide bonds. The van der Waals surface area contributed by atoms with E-state index < -0.39 is 76.6 Å². The summed E-state index contributed by atoms with van der Waals surface area (Å²) in [5.41, 5.74) is 7.00. The molecule has 5 nitrogen and oxygen atoms in total. The number of fused-ring (bicyclic) bond motifs is 5. The monoisotopic (exact) mass is 1160 g/mol. The molecule has 1 aliphatic rings. The maximum atomic E-state index is 9.07. The summed E-state index contributed by atoms with van der Waals surface area (Å²) in [7, 11) is -3.13. The van der Waals surface area contributed by atoms with Crippen molar-refractivity contribution in [1.29, 1.82) is 0 Å². The van der Waals surface area contributed by atoms with Crippen LogP contribution >= 0.6 is 0 Å². The van der Waals surface area contributed by atoms with Gasteiger partial charge in [-0.1, -0.05) is 208 Å². The van der Waals surface area contributed by atoms with E-state index in [0.717, 1.165) is 38.8 Å². The molecule has 0 atom stereocenters. The normalized spacial score (nSPS) is 16.0. The average Bonchev–Trinajstić information content (AvgIpc) is 3.77. The van der Waals surface area contributed by atoms with E-state index >= 15 is 0 Å². The molecule has 0 N–H and O–H groups in total. The van der Waals surface area contributed by atoms with E-state index in [1.807, 2.05) is 48.7 Å². The largest absolute Gasteiger partial charge is 0.510 e. The molecular weight excluding hydrogens is 1090 g/mol. The Morgan fingerprint density at radius 3 is 1.99 bits per heavy atom. The van der Waals surface area contributed by atoms with Crippen molar-refractivity contribution >= 4 is 59.4 Å². The van der Waals surface area contributed by atoms with Gasteiger partial charge in [0.25, 0.3) is 6.33 Å². The molecule has 11 aromatic rings. The van der Waals surface area contributed by atoms with Gasteiger partial charge < -0.3 is 13.9 Å². The van der Waals surface area contributed by atoms with E-state index in [1.54, 1.807) is 43.8 Å². The van der Waals surface area contributed by atoms with E-state index in [9.17, 15) is 0 Å². The Bertz CT molecular complexity index is 4330. The molecule has 12 rings (SSSR count). The SMILES string of the molecule is [2H]c1c([2H])c([2H])c(-c2cccc(-c3c([2H])c([2H])c([2H])c([2H])c3[2H])c2-[n+]2[c-]n(-c3[c-]c(Oc4[c-]c5c(cc4)c4cc(-c6ccc7c(c6)[Si](C)(C)CC[Si]7(C)C)ccc4n5-c4cc(C(C)(C)C)ccn4)ccc3)c3ccccc32)c([2H])c1[2H].[Pt]. The van der Waals surface area contributed by atoms with Crippen molar-refractivity contribution in [3.8, 4) is 62.1 Å². The minimum Gasteiger partial charge on any atom is -0.510 e. The number of hydrogen-bond donors (Lipinski definition) is 0. The Labute approximate surface area is 453 Å². The molecule has 72 heavy (non-hydrogen) atoms. The number of hydrogen-bond acceptors (Lipinski definition) is 2. The van der Waals surface area contributed by atoms with Crippen molar-refractivity contribution in [2.75, 3.05) is 0 Å². The minimum atomic E-state index is -1.61. The molecule has 0 fully saturated rings. The second-order valence-corrected chi connectivity index (χ2v) is 30.4. The van der Waals surface area contributed by atoms with Crippen LogP contribution < -0.4 is 19.7 Å². The fourth-order valence-corrected chi connectivity index (χ4v) is 20.5. The van der Waals surface area contributed by atoms with E-state index in [2.05, 4.69) is 125 Å². The van der Waals surface area contributed by atoms with Gasteiger partial charge in [0.1, 0.15) is 5.82 Å². The molecule has 8 aromatic carbocycles. The molecule has 0 bridgehead atoms. The summed E-state index contributed by atoms with van der Waals surface area (Å²) in [5, 5.41) is 5.28. The van der Waals surface area contributed by atoms with Crippen LogP contribution in [-0.4, -0.2) is 30.3 Å². The fraction of sp³-hybridized carbons (Fsp3) is 0.156. The number of aromatic nitrogens is 4. The number of rotatable bonds is 8. The minimum absolute atomic E-state index is 0. The Balaban J connectivity index is 0.00000705. The summed E-state index contributed by atoms with van der Waals surface area (Å²) in [5.74, 6) is 1.56. The second kappa shape index (κ2) is 18.3. The van der Waals surface area contributed by atoms with Crippen LogP contribution in [0.1, 0.15) is 40.0 Å². The zero-order valence-corrected chi connectivity index (χ0v) is 45.3. The Morgan fingerprint density at radius 2 is 1.26 bits per heavy atom. The van der Waals surface area contributed by atoms with Crippen LogP contribution in [0.2, 0.25) is 38.3 Å². The quantitative estimate of drug-likeness (QED) is 0.0863. The molecule has 0 unspecified atom stereocenters. The first-order valence-corrected chi connectivity index (χ1v) is 30.4. The smallest absolute Gasteiger partial charge is 0.268 e. The number of imidazole rings is 1. The number of para-hydroxylation sites is 3. The van der Waals surface area contributed by atoms with Gasteiger partial charge in [-0.3, -0.25) is 4.57 Å². The summed E-state index contributed by atoms with van der Waals surface area (Å²) >= 11 is 0. The van der Waals surface area contributed by atoms with Gasteiger partial charge in [0.05, 0.1) is 46.6 Å². The van der Waals surface area contributed by atoms with Crippen molar-refractivity contribution < 1.29 is 44.1 Å². The molecule has 0 saturated carbocycles. The van der Waals surface area contributed by atoms with Crippen molar-refractivity contribution in [2.24, 2.45) is 0 Å². The van der Waals surface area contributed by atoms with Crippen molar-refractivity contribution in [1.82, 2.24) is 14.1 Å². The van der Waals surface area contributed by atoms with Crippen molar-refractivity contribution in [2.45, 2.75) is 64.5 Å². The maximum Gasteiger partial charge on any atom is 0.268 e. The summed E-state index contributed by atoms with van der Waals surface area (Å²) in [6.45, 7) is 16.6. The van der Waals surface area contributed by atoms with Gasteiger partial charge in [0.2, 0.25) is 0 Å². The molecule has 0 spiro atoms. The van der Waals surface area contributed by atoms with Crippen LogP contribution in [0.25, 0.3) is 83.4 Å². The third kappa shape index (κ3) is 8.41. The Morgan fingerprint density at radius 1 is 0.611 bits per heavy atom. The first-order valence-electron chi connectivity index (χ1n) is 29.0. The van der Waals surface area contributed by atoms with Gasteiger partial charge in [0, 0.05) is 44.3 Å². The number of ether oxygens (including phenoxy) is 1. The summed E-state index contributed by atoms with van der Waals surface area (Å²) in [6, 6.07) is 44.3. The summed E-state index contributed by atoms with van der Waals surface area (Å²) in [4.78, 5) is 4.96. The van der Waals surface area contributed by atoms with Crippen molar-refractivity contribution in [3.05, 3.63) is 212 Å². The van der Waals surface area contributed by atoms with Gasteiger partial charge in [-0.05, 0) is 73.6 Å². The summed E-state index contributed by atoms with van der Waals surface area (Å²) < 4.78 is 99.8. The topological polar surface area (TPSA) is 35.9 Å². The zero-order chi connectivity index (χ0) is 57.4. The molecule has 8 heteroatoms. The molecule has 1 aliphatic heterocycles. The molecule has 358 valence electrons. The first kappa shape index (κ1) is 36.9. The predicted molar refractivity (Wildman–Crippen MR) is 299 cm³/mol.